The number of hydrogen-bond donors (Lipinski definition) is 2. The van der Waals surface area contributed by atoms with Gasteiger partial charge in [-0.1, -0.05) is 0 Å². The van der Waals surface area contributed by atoms with Crippen molar-refractivity contribution >= 4 is 17.5 Å². The topological polar surface area (TPSA) is 81.4 Å². The standard InChI is InChI=1S/C18H18N2O3/c19-17(21)13-3-7-15(8-4-13)20-18(22)14-5-9-16(10-6-14)23-11-12-1-2-12/h3-10,12H,1-2,11H2,(H2,19,21)(H,20,22). The molecule has 0 spiro atoms. The van der Waals surface area contributed by atoms with Crippen LogP contribution in [0.4, 0.5) is 5.69 Å². The zero-order valence-electron chi connectivity index (χ0n) is 12.6. The maximum atomic E-state index is 12.2. The van der Waals surface area contributed by atoms with Gasteiger partial charge in [0.2, 0.25) is 5.91 Å². The van der Waals surface area contributed by atoms with Crippen LogP contribution in [-0.4, -0.2) is 18.4 Å². The highest BCUT2D eigenvalue weighted by Crippen LogP contribution is 2.29. The number of anilines is 1. The lowest BCUT2D eigenvalue weighted by atomic mass is 10.1. The van der Waals surface area contributed by atoms with Crippen molar-refractivity contribution in [1.82, 2.24) is 0 Å². The van der Waals surface area contributed by atoms with E-state index < -0.39 is 5.91 Å². The molecule has 0 radical (unpaired) electrons. The van der Waals surface area contributed by atoms with Gasteiger partial charge in [-0.25, -0.2) is 0 Å². The van der Waals surface area contributed by atoms with E-state index in [9.17, 15) is 9.59 Å². The van der Waals surface area contributed by atoms with E-state index in [1.54, 1.807) is 48.5 Å². The van der Waals surface area contributed by atoms with Crippen LogP contribution in [0.25, 0.3) is 0 Å². The van der Waals surface area contributed by atoms with Gasteiger partial charge >= 0.3 is 0 Å². The molecule has 0 bridgehead atoms. The number of hydrogen-bond acceptors (Lipinski definition) is 3. The summed E-state index contributed by atoms with van der Waals surface area (Å²) in [5.74, 6) is 0.760. The van der Waals surface area contributed by atoms with Crippen molar-refractivity contribution < 1.29 is 14.3 Å². The van der Waals surface area contributed by atoms with Gasteiger partial charge in [0.05, 0.1) is 6.61 Å². The highest BCUT2D eigenvalue weighted by molar-refractivity contribution is 6.04. The Bertz CT molecular complexity index is 704. The highest BCUT2D eigenvalue weighted by Gasteiger charge is 2.21. The van der Waals surface area contributed by atoms with Crippen LogP contribution in [0, 0.1) is 5.92 Å². The molecule has 0 atom stereocenters. The molecule has 2 aromatic rings. The molecule has 0 aliphatic heterocycles. The number of amides is 2. The van der Waals surface area contributed by atoms with Gasteiger partial charge in [-0.05, 0) is 67.3 Å². The Kier molecular flexibility index (Phi) is 4.28. The van der Waals surface area contributed by atoms with E-state index in [1.807, 2.05) is 0 Å². The second-order valence-electron chi connectivity index (χ2n) is 5.67. The van der Waals surface area contributed by atoms with E-state index in [0.717, 1.165) is 12.4 Å². The summed E-state index contributed by atoms with van der Waals surface area (Å²) in [4.78, 5) is 23.2. The fourth-order valence-corrected chi connectivity index (χ4v) is 2.12. The maximum Gasteiger partial charge on any atom is 0.255 e. The van der Waals surface area contributed by atoms with Crippen LogP contribution < -0.4 is 15.8 Å². The molecule has 2 amide bonds. The van der Waals surface area contributed by atoms with Crippen molar-refractivity contribution in [3.63, 3.8) is 0 Å². The number of nitrogens with one attached hydrogen (secondary N) is 1. The van der Waals surface area contributed by atoms with Crippen LogP contribution in [0.2, 0.25) is 0 Å². The molecule has 0 aromatic heterocycles. The van der Waals surface area contributed by atoms with Crippen LogP contribution in [0.3, 0.4) is 0 Å². The third-order valence-electron chi connectivity index (χ3n) is 3.73. The molecule has 3 rings (SSSR count). The lowest BCUT2D eigenvalue weighted by Gasteiger charge is -2.08. The normalized spacial score (nSPS) is 13.4. The fourth-order valence-electron chi connectivity index (χ4n) is 2.12. The third-order valence-corrected chi connectivity index (χ3v) is 3.73. The molecule has 0 saturated heterocycles. The maximum absolute atomic E-state index is 12.2. The summed E-state index contributed by atoms with van der Waals surface area (Å²) in [6.07, 6.45) is 2.49. The van der Waals surface area contributed by atoms with Crippen LogP contribution in [0.15, 0.2) is 48.5 Å². The van der Waals surface area contributed by atoms with Crippen molar-refractivity contribution in [3.05, 3.63) is 59.7 Å². The lowest BCUT2D eigenvalue weighted by molar-refractivity contribution is 0.0998. The Morgan fingerprint density at radius 2 is 1.61 bits per heavy atom. The van der Waals surface area contributed by atoms with Crippen molar-refractivity contribution in [2.75, 3.05) is 11.9 Å². The summed E-state index contributed by atoms with van der Waals surface area (Å²) in [6.45, 7) is 0.748. The zero-order valence-corrected chi connectivity index (χ0v) is 12.6. The Hall–Kier alpha value is -2.82. The Morgan fingerprint density at radius 3 is 2.17 bits per heavy atom. The Morgan fingerprint density at radius 1 is 1.00 bits per heavy atom. The van der Waals surface area contributed by atoms with Gasteiger partial charge in [-0.3, -0.25) is 9.59 Å². The van der Waals surface area contributed by atoms with Gasteiger partial charge in [-0.2, -0.15) is 0 Å². The largest absolute Gasteiger partial charge is 0.493 e. The van der Waals surface area contributed by atoms with E-state index >= 15 is 0 Å². The summed E-state index contributed by atoms with van der Waals surface area (Å²) >= 11 is 0. The molecule has 1 aliphatic carbocycles. The van der Waals surface area contributed by atoms with E-state index in [2.05, 4.69) is 5.32 Å². The molecule has 1 aliphatic rings. The van der Waals surface area contributed by atoms with Crippen molar-refractivity contribution in [2.45, 2.75) is 12.8 Å². The Labute approximate surface area is 134 Å². The monoisotopic (exact) mass is 310 g/mol. The summed E-state index contributed by atoms with van der Waals surface area (Å²) in [5.41, 5.74) is 6.73. The van der Waals surface area contributed by atoms with Crippen LogP contribution in [-0.2, 0) is 0 Å². The predicted octanol–water partition coefficient (Wildman–Crippen LogP) is 2.83. The fraction of sp³-hybridized carbons (Fsp3) is 0.222. The summed E-state index contributed by atoms with van der Waals surface area (Å²) < 4.78 is 5.64. The average molecular weight is 310 g/mol. The number of rotatable bonds is 6. The Balaban J connectivity index is 1.59. The van der Waals surface area contributed by atoms with Gasteiger partial charge in [0.1, 0.15) is 5.75 Å². The zero-order chi connectivity index (χ0) is 16.2. The molecule has 0 heterocycles. The predicted molar refractivity (Wildman–Crippen MR) is 87.6 cm³/mol. The molecule has 5 heteroatoms. The number of primary amides is 1. The summed E-state index contributed by atoms with van der Waals surface area (Å²) in [7, 11) is 0. The number of benzene rings is 2. The lowest BCUT2D eigenvalue weighted by Crippen LogP contribution is -2.13. The molecule has 5 nitrogen and oxygen atoms in total. The van der Waals surface area contributed by atoms with Crippen molar-refractivity contribution in [2.24, 2.45) is 11.7 Å². The highest BCUT2D eigenvalue weighted by atomic mass is 16.5. The van der Waals surface area contributed by atoms with Gasteiger partial charge in [0.25, 0.3) is 5.91 Å². The number of carbonyl (C=O) groups is 2. The first-order valence-corrected chi connectivity index (χ1v) is 7.56. The van der Waals surface area contributed by atoms with E-state index in [0.29, 0.717) is 22.7 Å². The quantitative estimate of drug-likeness (QED) is 0.860. The molecule has 1 fully saturated rings. The summed E-state index contributed by atoms with van der Waals surface area (Å²) in [5, 5.41) is 2.77. The van der Waals surface area contributed by atoms with Crippen LogP contribution >= 0.6 is 0 Å². The van der Waals surface area contributed by atoms with Crippen LogP contribution in [0.1, 0.15) is 33.6 Å². The minimum atomic E-state index is -0.496. The van der Waals surface area contributed by atoms with Gasteiger partial charge in [0, 0.05) is 16.8 Å². The molecular weight excluding hydrogens is 292 g/mol. The molecular formula is C18H18N2O3. The first-order chi connectivity index (χ1) is 11.1. The molecule has 0 unspecified atom stereocenters. The first kappa shape index (κ1) is 15.1. The number of ether oxygens (including phenoxy) is 1. The first-order valence-electron chi connectivity index (χ1n) is 7.56. The molecule has 2 aromatic carbocycles. The molecule has 118 valence electrons. The van der Waals surface area contributed by atoms with E-state index in [-0.39, 0.29) is 5.91 Å². The SMILES string of the molecule is NC(=O)c1ccc(NC(=O)c2ccc(OCC3CC3)cc2)cc1. The second kappa shape index (κ2) is 6.52. The van der Waals surface area contributed by atoms with Crippen LogP contribution in [0.5, 0.6) is 5.75 Å². The number of nitrogens with two attached hydrogens (primary N) is 1. The minimum Gasteiger partial charge on any atom is -0.493 e. The van der Waals surface area contributed by atoms with Crippen molar-refractivity contribution in [3.8, 4) is 5.75 Å². The second-order valence-corrected chi connectivity index (χ2v) is 5.67. The molecule has 23 heavy (non-hydrogen) atoms. The molecule has 1 saturated carbocycles. The smallest absolute Gasteiger partial charge is 0.255 e. The third kappa shape index (κ3) is 4.10. The van der Waals surface area contributed by atoms with Gasteiger partial charge in [0.15, 0.2) is 0 Å². The van der Waals surface area contributed by atoms with E-state index in [1.165, 1.54) is 12.8 Å². The van der Waals surface area contributed by atoms with Gasteiger partial charge < -0.3 is 15.8 Å². The molecule has 3 N–H and O–H groups in total. The van der Waals surface area contributed by atoms with Crippen molar-refractivity contribution in [1.29, 1.82) is 0 Å². The minimum absolute atomic E-state index is 0.217. The van der Waals surface area contributed by atoms with E-state index in [4.69, 9.17) is 10.5 Å². The van der Waals surface area contributed by atoms with Gasteiger partial charge in [-0.15, -0.1) is 0 Å². The average Bonchev–Trinajstić information content (AvgIpc) is 3.38. The summed E-state index contributed by atoms with van der Waals surface area (Å²) in [6, 6.07) is 13.5. The number of carbonyl (C=O) groups excluding carboxylic acids is 2.